The molecule has 0 amide bonds. The van der Waals surface area contributed by atoms with Gasteiger partial charge in [-0.1, -0.05) is 23.9 Å². The zero-order valence-electron chi connectivity index (χ0n) is 9.91. The van der Waals surface area contributed by atoms with Crippen molar-refractivity contribution in [2.45, 2.75) is 10.7 Å². The number of nitrogens with zero attached hydrogens (tertiary/aromatic N) is 1. The van der Waals surface area contributed by atoms with Crippen LogP contribution in [0, 0.1) is 11.6 Å². The van der Waals surface area contributed by atoms with E-state index >= 15 is 0 Å². The van der Waals surface area contributed by atoms with Gasteiger partial charge < -0.3 is 11.1 Å². The molecule has 8 heteroatoms. The number of benzene rings is 1. The first kappa shape index (κ1) is 14.4. The summed E-state index contributed by atoms with van der Waals surface area (Å²) in [6.07, 6.45) is 0. The van der Waals surface area contributed by atoms with Gasteiger partial charge in [-0.05, 0) is 12.1 Å². The lowest BCUT2D eigenvalue weighted by Crippen LogP contribution is -2.03. The third-order valence-corrected chi connectivity index (χ3v) is 3.10. The van der Waals surface area contributed by atoms with Crippen molar-refractivity contribution in [2.75, 3.05) is 11.1 Å². The fourth-order valence-electron chi connectivity index (χ4n) is 1.46. The number of para-hydroxylation sites is 1. The van der Waals surface area contributed by atoms with Crippen molar-refractivity contribution in [3.63, 3.8) is 0 Å². The lowest BCUT2D eigenvalue weighted by molar-refractivity contribution is 0.252. The summed E-state index contributed by atoms with van der Waals surface area (Å²) in [6.45, 7) is 0. The molecular formula is C12H9F4N3S. The molecule has 0 atom stereocenters. The first-order valence-electron chi connectivity index (χ1n) is 5.39. The van der Waals surface area contributed by atoms with E-state index in [-0.39, 0.29) is 16.4 Å². The summed E-state index contributed by atoms with van der Waals surface area (Å²) in [5.41, 5.74) is 5.48. The van der Waals surface area contributed by atoms with Crippen molar-refractivity contribution in [2.24, 2.45) is 0 Å². The fourth-order valence-corrected chi connectivity index (χ4v) is 2.06. The highest BCUT2D eigenvalue weighted by Crippen LogP contribution is 2.33. The molecule has 1 heterocycles. The Morgan fingerprint density at radius 3 is 2.55 bits per heavy atom. The number of thioether (sulfide) groups is 1. The first-order valence-corrected chi connectivity index (χ1v) is 6.27. The second kappa shape index (κ2) is 6.00. The van der Waals surface area contributed by atoms with Gasteiger partial charge in [-0.15, -0.1) is 0 Å². The van der Waals surface area contributed by atoms with Gasteiger partial charge in [-0.25, -0.2) is 13.8 Å². The molecular weight excluding hydrogens is 294 g/mol. The number of rotatable bonds is 4. The van der Waals surface area contributed by atoms with Gasteiger partial charge in [0.05, 0.1) is 5.69 Å². The largest absolute Gasteiger partial charge is 0.381 e. The Bertz CT molecular complexity index is 622. The van der Waals surface area contributed by atoms with E-state index in [4.69, 9.17) is 5.73 Å². The van der Waals surface area contributed by atoms with E-state index in [1.165, 1.54) is 12.1 Å². The van der Waals surface area contributed by atoms with Crippen molar-refractivity contribution in [3.8, 4) is 0 Å². The molecule has 0 aliphatic heterocycles. The van der Waals surface area contributed by atoms with E-state index in [1.807, 2.05) is 0 Å². The Hall–Kier alpha value is -1.96. The number of nitrogen functional groups attached to an aromatic ring is 1. The van der Waals surface area contributed by atoms with Crippen molar-refractivity contribution < 1.29 is 17.6 Å². The average Bonchev–Trinajstić information content (AvgIpc) is 2.37. The highest BCUT2D eigenvalue weighted by atomic mass is 32.2. The first-order chi connectivity index (χ1) is 9.47. The number of anilines is 3. The van der Waals surface area contributed by atoms with Crippen LogP contribution in [-0.2, 0) is 0 Å². The van der Waals surface area contributed by atoms with E-state index in [0.29, 0.717) is 17.8 Å². The van der Waals surface area contributed by atoms with Gasteiger partial charge in [-0.2, -0.15) is 8.78 Å². The van der Waals surface area contributed by atoms with E-state index in [1.54, 1.807) is 12.1 Å². The van der Waals surface area contributed by atoms with Crippen LogP contribution < -0.4 is 11.1 Å². The lowest BCUT2D eigenvalue weighted by atomic mass is 10.3. The van der Waals surface area contributed by atoms with Crippen LogP contribution in [0.1, 0.15) is 0 Å². The summed E-state index contributed by atoms with van der Waals surface area (Å²) in [7, 11) is 0. The minimum absolute atomic E-state index is 0.214. The molecule has 0 fully saturated rings. The summed E-state index contributed by atoms with van der Waals surface area (Å²) >= 11 is 0.306. The Morgan fingerprint density at radius 2 is 1.85 bits per heavy atom. The average molecular weight is 303 g/mol. The van der Waals surface area contributed by atoms with Crippen LogP contribution >= 0.6 is 11.8 Å². The fraction of sp³-hybridized carbons (Fsp3) is 0.0833. The standard InChI is InChI=1S/C12H9F4N3S/c13-6-5-7(14)11(19-10(6)17)18-8-3-1-2-4-9(8)20-12(15)16/h1-5,12H,(H3,17,18,19). The van der Waals surface area contributed by atoms with E-state index in [9.17, 15) is 17.6 Å². The Labute approximate surface area is 116 Å². The second-order valence-electron chi connectivity index (χ2n) is 3.69. The normalized spacial score (nSPS) is 10.8. The zero-order valence-corrected chi connectivity index (χ0v) is 10.7. The van der Waals surface area contributed by atoms with Gasteiger partial charge in [0.1, 0.15) is 0 Å². The Morgan fingerprint density at radius 1 is 1.15 bits per heavy atom. The van der Waals surface area contributed by atoms with E-state index in [2.05, 4.69) is 10.3 Å². The van der Waals surface area contributed by atoms with Gasteiger partial charge >= 0.3 is 0 Å². The molecule has 2 rings (SSSR count). The smallest absolute Gasteiger partial charge is 0.288 e. The molecule has 3 N–H and O–H groups in total. The summed E-state index contributed by atoms with van der Waals surface area (Å²) in [5.74, 6) is -5.37. The zero-order chi connectivity index (χ0) is 14.7. The van der Waals surface area contributed by atoms with Crippen LogP contribution in [0.25, 0.3) is 0 Å². The number of aromatic nitrogens is 1. The number of hydrogen-bond donors (Lipinski definition) is 2. The molecule has 2 aromatic rings. The molecule has 0 unspecified atom stereocenters. The molecule has 0 saturated heterocycles. The van der Waals surface area contributed by atoms with Gasteiger partial charge in [0, 0.05) is 11.0 Å². The Kier molecular flexibility index (Phi) is 4.33. The molecule has 0 bridgehead atoms. The van der Waals surface area contributed by atoms with Crippen molar-refractivity contribution >= 4 is 29.1 Å². The van der Waals surface area contributed by atoms with Crippen LogP contribution in [0.3, 0.4) is 0 Å². The Balaban J connectivity index is 2.33. The molecule has 3 nitrogen and oxygen atoms in total. The van der Waals surface area contributed by atoms with Crippen LogP contribution in [-0.4, -0.2) is 10.7 Å². The number of alkyl halides is 2. The molecule has 0 aliphatic rings. The van der Waals surface area contributed by atoms with E-state index < -0.39 is 23.2 Å². The summed E-state index contributed by atoms with van der Waals surface area (Å²) in [6, 6.07) is 6.66. The van der Waals surface area contributed by atoms with Gasteiger partial charge in [0.2, 0.25) is 0 Å². The topological polar surface area (TPSA) is 50.9 Å². The second-order valence-corrected chi connectivity index (χ2v) is 4.72. The maximum absolute atomic E-state index is 13.5. The number of pyridine rings is 1. The SMILES string of the molecule is Nc1nc(Nc2ccccc2SC(F)F)c(F)cc1F. The minimum Gasteiger partial charge on any atom is -0.381 e. The number of nitrogens with two attached hydrogens (primary N) is 1. The van der Waals surface area contributed by atoms with Gasteiger partial charge in [-0.3, -0.25) is 0 Å². The van der Waals surface area contributed by atoms with Crippen molar-refractivity contribution in [1.82, 2.24) is 4.98 Å². The van der Waals surface area contributed by atoms with Gasteiger partial charge in [0.15, 0.2) is 23.3 Å². The molecule has 1 aromatic carbocycles. The number of nitrogens with one attached hydrogen (secondary N) is 1. The van der Waals surface area contributed by atoms with Crippen LogP contribution in [0.4, 0.5) is 34.9 Å². The van der Waals surface area contributed by atoms with Crippen molar-refractivity contribution in [3.05, 3.63) is 42.0 Å². The summed E-state index contributed by atoms with van der Waals surface area (Å²) < 4.78 is 51.3. The molecule has 0 aliphatic carbocycles. The van der Waals surface area contributed by atoms with Crippen LogP contribution in [0.2, 0.25) is 0 Å². The molecule has 0 spiro atoms. The third kappa shape index (κ3) is 3.32. The maximum Gasteiger partial charge on any atom is 0.288 e. The quantitative estimate of drug-likeness (QED) is 0.662. The summed E-state index contributed by atoms with van der Waals surface area (Å²) in [5, 5.41) is 2.53. The molecule has 0 saturated carbocycles. The highest BCUT2D eigenvalue weighted by molar-refractivity contribution is 7.99. The minimum atomic E-state index is -2.62. The number of halogens is 4. The predicted octanol–water partition coefficient (Wildman–Crippen LogP) is 4.00. The van der Waals surface area contributed by atoms with Crippen LogP contribution in [0.15, 0.2) is 35.2 Å². The summed E-state index contributed by atoms with van der Waals surface area (Å²) in [4.78, 5) is 3.72. The van der Waals surface area contributed by atoms with Crippen LogP contribution in [0.5, 0.6) is 0 Å². The highest BCUT2D eigenvalue weighted by Gasteiger charge is 2.13. The van der Waals surface area contributed by atoms with Gasteiger partial charge in [0.25, 0.3) is 5.76 Å². The number of hydrogen-bond acceptors (Lipinski definition) is 4. The lowest BCUT2D eigenvalue weighted by Gasteiger charge is -2.11. The molecule has 1 aromatic heterocycles. The van der Waals surface area contributed by atoms with Crippen molar-refractivity contribution in [1.29, 1.82) is 0 Å². The molecule has 106 valence electrons. The molecule has 20 heavy (non-hydrogen) atoms. The monoisotopic (exact) mass is 303 g/mol. The van der Waals surface area contributed by atoms with E-state index in [0.717, 1.165) is 0 Å². The molecule has 0 radical (unpaired) electrons. The third-order valence-electron chi connectivity index (χ3n) is 2.31. The predicted molar refractivity (Wildman–Crippen MR) is 70.2 cm³/mol. The maximum atomic E-state index is 13.5.